The molecule has 15 heavy (non-hydrogen) atoms. The largest absolute Gasteiger partial charge is 0.492 e. The summed E-state index contributed by atoms with van der Waals surface area (Å²) in [7, 11) is 0. The Balaban J connectivity index is 2.14. The quantitative estimate of drug-likeness (QED) is 0.698. The molecule has 0 aliphatic heterocycles. The van der Waals surface area contributed by atoms with Crippen molar-refractivity contribution in [3.05, 3.63) is 30.3 Å². The van der Waals surface area contributed by atoms with Crippen LogP contribution in [0.3, 0.4) is 0 Å². The molecule has 0 fully saturated rings. The van der Waals surface area contributed by atoms with Gasteiger partial charge in [-0.15, -0.1) is 0 Å². The molecule has 1 aromatic rings. The molecule has 0 heterocycles. The van der Waals surface area contributed by atoms with Crippen LogP contribution in [0.2, 0.25) is 0 Å². The molecule has 0 bridgehead atoms. The number of ether oxygens (including phenoxy) is 1. The average molecular weight is 207 g/mol. The molecule has 0 saturated carbocycles. The van der Waals surface area contributed by atoms with Crippen LogP contribution in [-0.2, 0) is 0 Å². The SMILES string of the molecule is CCCCCC(N)COc1ccccc1. The molecular formula is C13H21NO. The maximum Gasteiger partial charge on any atom is 0.119 e. The van der Waals surface area contributed by atoms with Crippen LogP contribution in [0.5, 0.6) is 5.75 Å². The normalized spacial score (nSPS) is 12.4. The van der Waals surface area contributed by atoms with E-state index >= 15 is 0 Å². The van der Waals surface area contributed by atoms with Crippen molar-refractivity contribution in [3.8, 4) is 5.75 Å². The van der Waals surface area contributed by atoms with Gasteiger partial charge in [0.2, 0.25) is 0 Å². The minimum atomic E-state index is 0.164. The molecule has 84 valence electrons. The molecule has 0 radical (unpaired) electrons. The fourth-order valence-electron chi connectivity index (χ4n) is 1.46. The van der Waals surface area contributed by atoms with Gasteiger partial charge in [-0.3, -0.25) is 0 Å². The lowest BCUT2D eigenvalue weighted by Crippen LogP contribution is -2.27. The van der Waals surface area contributed by atoms with Gasteiger partial charge in [-0.2, -0.15) is 0 Å². The van der Waals surface area contributed by atoms with Gasteiger partial charge in [-0.05, 0) is 18.6 Å². The zero-order valence-electron chi connectivity index (χ0n) is 9.49. The molecule has 1 aromatic carbocycles. The Morgan fingerprint density at radius 1 is 1.20 bits per heavy atom. The van der Waals surface area contributed by atoms with Crippen LogP contribution >= 0.6 is 0 Å². The van der Waals surface area contributed by atoms with Crippen molar-refractivity contribution < 1.29 is 4.74 Å². The Bertz CT molecular complexity index is 248. The summed E-state index contributed by atoms with van der Waals surface area (Å²) in [6.45, 7) is 2.82. The summed E-state index contributed by atoms with van der Waals surface area (Å²) >= 11 is 0. The number of hydrogen-bond acceptors (Lipinski definition) is 2. The molecular weight excluding hydrogens is 186 g/mol. The molecule has 1 rings (SSSR count). The van der Waals surface area contributed by atoms with Crippen molar-refractivity contribution >= 4 is 0 Å². The molecule has 0 spiro atoms. The van der Waals surface area contributed by atoms with Gasteiger partial charge < -0.3 is 10.5 Å². The van der Waals surface area contributed by atoms with E-state index in [2.05, 4.69) is 6.92 Å². The fraction of sp³-hybridized carbons (Fsp3) is 0.538. The highest BCUT2D eigenvalue weighted by atomic mass is 16.5. The van der Waals surface area contributed by atoms with Crippen molar-refractivity contribution in [1.29, 1.82) is 0 Å². The van der Waals surface area contributed by atoms with Crippen molar-refractivity contribution in [2.45, 2.75) is 38.6 Å². The van der Waals surface area contributed by atoms with E-state index in [1.807, 2.05) is 30.3 Å². The Kier molecular flexibility index (Phi) is 5.86. The predicted octanol–water partition coefficient (Wildman–Crippen LogP) is 2.97. The van der Waals surface area contributed by atoms with Gasteiger partial charge in [0.15, 0.2) is 0 Å². The van der Waals surface area contributed by atoms with E-state index in [-0.39, 0.29) is 6.04 Å². The zero-order valence-corrected chi connectivity index (χ0v) is 9.49. The van der Waals surface area contributed by atoms with E-state index < -0.39 is 0 Å². The Labute approximate surface area is 92.4 Å². The topological polar surface area (TPSA) is 35.2 Å². The van der Waals surface area contributed by atoms with Gasteiger partial charge in [-0.25, -0.2) is 0 Å². The molecule has 0 saturated heterocycles. The second-order valence-corrected chi connectivity index (χ2v) is 3.88. The van der Waals surface area contributed by atoms with Crippen LogP contribution in [0.25, 0.3) is 0 Å². The third-order valence-corrected chi connectivity index (χ3v) is 2.39. The predicted molar refractivity (Wildman–Crippen MR) is 64.1 cm³/mol. The number of benzene rings is 1. The van der Waals surface area contributed by atoms with E-state index in [0.29, 0.717) is 6.61 Å². The summed E-state index contributed by atoms with van der Waals surface area (Å²) < 4.78 is 5.57. The first-order chi connectivity index (χ1) is 7.33. The van der Waals surface area contributed by atoms with Gasteiger partial charge in [0, 0.05) is 6.04 Å². The van der Waals surface area contributed by atoms with Gasteiger partial charge in [0.05, 0.1) is 0 Å². The van der Waals surface area contributed by atoms with E-state index in [0.717, 1.165) is 12.2 Å². The first kappa shape index (κ1) is 12.1. The minimum Gasteiger partial charge on any atom is -0.492 e. The first-order valence-corrected chi connectivity index (χ1v) is 5.76. The van der Waals surface area contributed by atoms with E-state index in [4.69, 9.17) is 10.5 Å². The average Bonchev–Trinajstić information content (AvgIpc) is 2.28. The number of nitrogens with two attached hydrogens (primary N) is 1. The number of rotatable bonds is 7. The maximum atomic E-state index is 5.94. The molecule has 0 aromatic heterocycles. The van der Waals surface area contributed by atoms with Crippen molar-refractivity contribution in [1.82, 2.24) is 0 Å². The lowest BCUT2D eigenvalue weighted by atomic mass is 10.1. The van der Waals surface area contributed by atoms with Gasteiger partial charge in [0.1, 0.15) is 12.4 Å². The third-order valence-electron chi connectivity index (χ3n) is 2.39. The number of hydrogen-bond donors (Lipinski definition) is 1. The second-order valence-electron chi connectivity index (χ2n) is 3.88. The van der Waals surface area contributed by atoms with Crippen molar-refractivity contribution in [3.63, 3.8) is 0 Å². The van der Waals surface area contributed by atoms with E-state index in [1.165, 1.54) is 19.3 Å². The molecule has 2 N–H and O–H groups in total. The summed E-state index contributed by atoms with van der Waals surface area (Å²) in [5.74, 6) is 0.906. The van der Waals surface area contributed by atoms with Crippen molar-refractivity contribution in [2.75, 3.05) is 6.61 Å². The van der Waals surface area contributed by atoms with E-state index in [9.17, 15) is 0 Å². The van der Waals surface area contributed by atoms with Crippen LogP contribution in [0.1, 0.15) is 32.6 Å². The smallest absolute Gasteiger partial charge is 0.119 e. The lowest BCUT2D eigenvalue weighted by Gasteiger charge is -2.12. The highest BCUT2D eigenvalue weighted by Gasteiger charge is 2.02. The van der Waals surface area contributed by atoms with E-state index in [1.54, 1.807) is 0 Å². The minimum absolute atomic E-state index is 0.164. The second kappa shape index (κ2) is 7.30. The summed E-state index contributed by atoms with van der Waals surface area (Å²) in [4.78, 5) is 0. The zero-order chi connectivity index (χ0) is 10.9. The molecule has 0 aliphatic carbocycles. The molecule has 0 amide bonds. The maximum absolute atomic E-state index is 5.94. The summed E-state index contributed by atoms with van der Waals surface area (Å²) in [6.07, 6.45) is 4.77. The highest BCUT2D eigenvalue weighted by molar-refractivity contribution is 5.20. The number of unbranched alkanes of at least 4 members (excludes halogenated alkanes) is 2. The highest BCUT2D eigenvalue weighted by Crippen LogP contribution is 2.09. The van der Waals surface area contributed by atoms with Gasteiger partial charge in [0.25, 0.3) is 0 Å². The Morgan fingerprint density at radius 2 is 1.93 bits per heavy atom. The van der Waals surface area contributed by atoms with Crippen molar-refractivity contribution in [2.24, 2.45) is 5.73 Å². The third kappa shape index (κ3) is 5.43. The van der Waals surface area contributed by atoms with Gasteiger partial charge >= 0.3 is 0 Å². The molecule has 2 heteroatoms. The fourth-order valence-corrected chi connectivity index (χ4v) is 1.46. The van der Waals surface area contributed by atoms with Crippen LogP contribution < -0.4 is 10.5 Å². The first-order valence-electron chi connectivity index (χ1n) is 5.76. The summed E-state index contributed by atoms with van der Waals surface area (Å²) in [5, 5.41) is 0. The standard InChI is InChI=1S/C13H21NO/c1-2-3-5-8-12(14)11-15-13-9-6-4-7-10-13/h4,6-7,9-10,12H,2-3,5,8,11,14H2,1H3. The Morgan fingerprint density at radius 3 is 2.60 bits per heavy atom. The molecule has 1 unspecified atom stereocenters. The monoisotopic (exact) mass is 207 g/mol. The van der Waals surface area contributed by atoms with Gasteiger partial charge in [-0.1, -0.05) is 44.4 Å². The number of para-hydroxylation sites is 1. The van der Waals surface area contributed by atoms with Crippen LogP contribution in [-0.4, -0.2) is 12.6 Å². The molecule has 0 aliphatic rings. The van der Waals surface area contributed by atoms with Crippen LogP contribution in [0.15, 0.2) is 30.3 Å². The lowest BCUT2D eigenvalue weighted by molar-refractivity contribution is 0.279. The molecule has 1 atom stereocenters. The summed E-state index contributed by atoms with van der Waals surface area (Å²) in [6, 6.07) is 10.00. The Hall–Kier alpha value is -1.02. The summed E-state index contributed by atoms with van der Waals surface area (Å²) in [5.41, 5.74) is 5.94. The molecule has 2 nitrogen and oxygen atoms in total. The van der Waals surface area contributed by atoms with Crippen LogP contribution in [0.4, 0.5) is 0 Å². The van der Waals surface area contributed by atoms with Crippen LogP contribution in [0, 0.1) is 0 Å².